The van der Waals surface area contributed by atoms with Gasteiger partial charge in [0.05, 0.1) is 18.2 Å². The van der Waals surface area contributed by atoms with Crippen LogP contribution in [0.5, 0.6) is 5.75 Å². The number of nitrogens with zero attached hydrogens (tertiary/aromatic N) is 3. The molecule has 23 heavy (non-hydrogen) atoms. The van der Waals surface area contributed by atoms with E-state index >= 15 is 0 Å². The van der Waals surface area contributed by atoms with Crippen molar-refractivity contribution in [2.24, 2.45) is 0 Å². The van der Waals surface area contributed by atoms with Crippen LogP contribution in [-0.2, 0) is 13.0 Å². The van der Waals surface area contributed by atoms with Crippen molar-refractivity contribution < 1.29 is 9.66 Å². The van der Waals surface area contributed by atoms with Crippen LogP contribution in [0.3, 0.4) is 0 Å². The molecule has 0 saturated heterocycles. The Morgan fingerprint density at radius 1 is 1.39 bits per heavy atom. The second-order valence-electron chi connectivity index (χ2n) is 4.93. The number of pyridine rings is 1. The summed E-state index contributed by atoms with van der Waals surface area (Å²) in [6.07, 6.45) is 2.47. The normalized spacial score (nSPS) is 10.1. The molecule has 118 valence electrons. The Kier molecular flexibility index (Phi) is 5.10. The molecule has 1 heterocycles. The average Bonchev–Trinajstić information content (AvgIpc) is 2.56. The molecule has 7 nitrogen and oxygen atoms in total. The van der Waals surface area contributed by atoms with Gasteiger partial charge >= 0.3 is 0 Å². The summed E-state index contributed by atoms with van der Waals surface area (Å²) in [7, 11) is 1.59. The number of rotatable bonds is 6. The van der Waals surface area contributed by atoms with Gasteiger partial charge in [0, 0.05) is 12.6 Å². The highest BCUT2D eigenvalue weighted by Gasteiger charge is 2.13. The molecule has 0 spiro atoms. The van der Waals surface area contributed by atoms with Gasteiger partial charge in [-0.1, -0.05) is 12.1 Å². The zero-order chi connectivity index (χ0) is 16.8. The fraction of sp³-hybridized carbons (Fsp3) is 0.250. The van der Waals surface area contributed by atoms with E-state index in [0.717, 1.165) is 17.4 Å². The number of benzene rings is 1. The standard InChI is InChI=1S/C16H15N3O4/c1-23-15-6-2-4-12(8-15)5-3-7-18-11-14(19(21)22)9-13(10-17)16(18)20/h2,4,6,8-9,11H,3,5,7H2,1H3. The van der Waals surface area contributed by atoms with Crippen LogP contribution in [0.15, 0.2) is 41.3 Å². The molecule has 0 fully saturated rings. The van der Waals surface area contributed by atoms with Gasteiger partial charge in [-0.15, -0.1) is 0 Å². The van der Waals surface area contributed by atoms with E-state index in [9.17, 15) is 14.9 Å². The van der Waals surface area contributed by atoms with Crippen molar-refractivity contribution in [3.63, 3.8) is 0 Å². The molecular formula is C16H15N3O4. The molecule has 0 aliphatic heterocycles. The highest BCUT2D eigenvalue weighted by molar-refractivity contribution is 5.37. The van der Waals surface area contributed by atoms with E-state index in [1.54, 1.807) is 13.2 Å². The minimum atomic E-state index is -0.612. The molecule has 1 aromatic carbocycles. The molecule has 0 atom stereocenters. The Morgan fingerprint density at radius 2 is 2.17 bits per heavy atom. The minimum Gasteiger partial charge on any atom is -0.497 e. The summed E-state index contributed by atoms with van der Waals surface area (Å²) in [4.78, 5) is 22.3. The van der Waals surface area contributed by atoms with Gasteiger partial charge in [-0.2, -0.15) is 5.26 Å². The van der Waals surface area contributed by atoms with Crippen molar-refractivity contribution in [1.82, 2.24) is 4.57 Å². The van der Waals surface area contributed by atoms with Crippen molar-refractivity contribution in [2.45, 2.75) is 19.4 Å². The van der Waals surface area contributed by atoms with Crippen molar-refractivity contribution in [3.05, 3.63) is 68.1 Å². The lowest BCUT2D eigenvalue weighted by molar-refractivity contribution is -0.385. The summed E-state index contributed by atoms with van der Waals surface area (Å²) in [5.74, 6) is 0.752. The summed E-state index contributed by atoms with van der Waals surface area (Å²) < 4.78 is 6.36. The molecule has 2 rings (SSSR count). The first-order valence-electron chi connectivity index (χ1n) is 6.97. The zero-order valence-electron chi connectivity index (χ0n) is 12.6. The van der Waals surface area contributed by atoms with E-state index in [4.69, 9.17) is 10.00 Å². The van der Waals surface area contributed by atoms with Gasteiger partial charge in [-0.25, -0.2) is 0 Å². The third-order valence-corrected chi connectivity index (χ3v) is 3.40. The predicted octanol–water partition coefficient (Wildman–Crippen LogP) is 2.27. The predicted molar refractivity (Wildman–Crippen MR) is 83.4 cm³/mol. The molecule has 7 heteroatoms. The number of hydrogen-bond acceptors (Lipinski definition) is 5. The van der Waals surface area contributed by atoms with Gasteiger partial charge in [0.1, 0.15) is 17.4 Å². The van der Waals surface area contributed by atoms with Crippen LogP contribution in [0.25, 0.3) is 0 Å². The summed E-state index contributed by atoms with van der Waals surface area (Å²) >= 11 is 0. The average molecular weight is 313 g/mol. The van der Waals surface area contributed by atoms with E-state index < -0.39 is 10.5 Å². The summed E-state index contributed by atoms with van der Waals surface area (Å²) in [6.45, 7) is 0.298. The number of methoxy groups -OCH3 is 1. The van der Waals surface area contributed by atoms with Gasteiger partial charge in [0.2, 0.25) is 0 Å². The number of ether oxygens (including phenoxy) is 1. The van der Waals surface area contributed by atoms with E-state index in [1.807, 2.05) is 24.3 Å². The van der Waals surface area contributed by atoms with Gasteiger partial charge in [0.15, 0.2) is 0 Å². The summed E-state index contributed by atoms with van der Waals surface area (Å²) in [5.41, 5.74) is 0.0511. The van der Waals surface area contributed by atoms with E-state index in [1.165, 1.54) is 10.8 Å². The molecule has 0 saturated carbocycles. The number of nitriles is 1. The topological polar surface area (TPSA) is 98.2 Å². The second-order valence-corrected chi connectivity index (χ2v) is 4.93. The first-order chi connectivity index (χ1) is 11.0. The zero-order valence-corrected chi connectivity index (χ0v) is 12.6. The number of aromatic nitrogens is 1. The fourth-order valence-electron chi connectivity index (χ4n) is 2.25. The van der Waals surface area contributed by atoms with E-state index in [2.05, 4.69) is 0 Å². The molecule has 2 aromatic rings. The maximum Gasteiger partial charge on any atom is 0.287 e. The SMILES string of the molecule is COc1cccc(CCCn2cc([N+](=O)[O-])cc(C#N)c2=O)c1. The van der Waals surface area contributed by atoms with Crippen molar-refractivity contribution >= 4 is 5.69 Å². The molecule has 0 bridgehead atoms. The highest BCUT2D eigenvalue weighted by atomic mass is 16.6. The van der Waals surface area contributed by atoms with Gasteiger partial charge < -0.3 is 9.30 Å². The molecule has 1 aromatic heterocycles. The van der Waals surface area contributed by atoms with Crippen molar-refractivity contribution in [3.8, 4) is 11.8 Å². The van der Waals surface area contributed by atoms with Crippen LogP contribution in [0.1, 0.15) is 17.5 Å². The maximum absolute atomic E-state index is 12.0. The number of hydrogen-bond donors (Lipinski definition) is 0. The lowest BCUT2D eigenvalue weighted by Gasteiger charge is -2.07. The van der Waals surface area contributed by atoms with Crippen LogP contribution in [0.4, 0.5) is 5.69 Å². The molecule has 0 aliphatic rings. The monoisotopic (exact) mass is 313 g/mol. The lowest BCUT2D eigenvalue weighted by atomic mass is 10.1. The van der Waals surface area contributed by atoms with Crippen LogP contribution >= 0.6 is 0 Å². The Hall–Kier alpha value is -3.14. The van der Waals surface area contributed by atoms with Gasteiger partial charge in [0.25, 0.3) is 11.2 Å². The molecular weight excluding hydrogens is 298 g/mol. The molecule has 0 aliphatic carbocycles. The van der Waals surface area contributed by atoms with Crippen LogP contribution in [0.2, 0.25) is 0 Å². The van der Waals surface area contributed by atoms with E-state index in [0.29, 0.717) is 19.4 Å². The Balaban J connectivity index is 2.14. The second kappa shape index (κ2) is 7.22. The third kappa shape index (κ3) is 3.95. The number of aryl methyl sites for hydroxylation is 2. The Bertz CT molecular complexity index is 821. The van der Waals surface area contributed by atoms with Crippen LogP contribution in [-0.4, -0.2) is 16.6 Å². The van der Waals surface area contributed by atoms with Crippen LogP contribution in [0, 0.1) is 21.4 Å². The minimum absolute atomic E-state index is 0.222. The van der Waals surface area contributed by atoms with Gasteiger partial charge in [-0.3, -0.25) is 14.9 Å². The summed E-state index contributed by atoms with van der Waals surface area (Å²) in [6, 6.07) is 10.3. The molecule has 0 amide bonds. The number of nitro groups is 1. The van der Waals surface area contributed by atoms with Crippen molar-refractivity contribution in [1.29, 1.82) is 5.26 Å². The van der Waals surface area contributed by atoms with Crippen molar-refractivity contribution in [2.75, 3.05) is 7.11 Å². The van der Waals surface area contributed by atoms with E-state index in [-0.39, 0.29) is 11.3 Å². The maximum atomic E-state index is 12.0. The Morgan fingerprint density at radius 3 is 2.83 bits per heavy atom. The quantitative estimate of drug-likeness (QED) is 0.602. The molecule has 0 unspecified atom stereocenters. The van der Waals surface area contributed by atoms with Gasteiger partial charge in [-0.05, 0) is 30.5 Å². The molecule has 0 N–H and O–H groups in total. The molecule has 0 radical (unpaired) electrons. The largest absolute Gasteiger partial charge is 0.497 e. The first kappa shape index (κ1) is 16.2. The first-order valence-corrected chi connectivity index (χ1v) is 6.97. The fourth-order valence-corrected chi connectivity index (χ4v) is 2.25. The lowest BCUT2D eigenvalue weighted by Crippen LogP contribution is -2.23. The third-order valence-electron chi connectivity index (χ3n) is 3.40. The smallest absolute Gasteiger partial charge is 0.287 e. The van der Waals surface area contributed by atoms with Crippen LogP contribution < -0.4 is 10.3 Å². The summed E-state index contributed by atoms with van der Waals surface area (Å²) in [5, 5.41) is 19.8. The highest BCUT2D eigenvalue weighted by Crippen LogP contribution is 2.15. The Labute approximate surface area is 132 Å².